The van der Waals surface area contributed by atoms with Gasteiger partial charge in [-0.3, -0.25) is 4.79 Å². The molecular weight excluding hydrogens is 183 g/mol. The molecule has 12 heavy (non-hydrogen) atoms. The van der Waals surface area contributed by atoms with Crippen molar-refractivity contribution >= 4 is 17.7 Å². The number of carbonyl (C=O) groups excluding carboxylic acids is 1. The molecule has 0 aromatic heterocycles. The summed E-state index contributed by atoms with van der Waals surface area (Å²) in [4.78, 5) is 11.0. The number of rotatable bonds is 1. The zero-order valence-electron chi connectivity index (χ0n) is 6.00. The van der Waals surface area contributed by atoms with Gasteiger partial charge in [-0.05, 0) is 12.1 Å². The third-order valence-electron chi connectivity index (χ3n) is 1.30. The van der Waals surface area contributed by atoms with Crippen LogP contribution in [0.4, 0.5) is 4.39 Å². The second-order valence-corrected chi connectivity index (χ2v) is 2.46. The number of benzene rings is 1. The van der Waals surface area contributed by atoms with Crippen molar-refractivity contribution in [3.05, 3.63) is 35.6 Å². The van der Waals surface area contributed by atoms with E-state index in [9.17, 15) is 9.18 Å². The molecule has 0 radical (unpaired) electrons. The molecule has 1 aromatic carbocycles. The lowest BCUT2D eigenvalue weighted by Crippen LogP contribution is -2.28. The Morgan fingerprint density at radius 2 is 2.08 bits per heavy atom. The fourth-order valence-corrected chi connectivity index (χ4v) is 0.841. The number of hydrogen-bond donors (Lipinski definition) is 1. The number of nitrogens with zero attached hydrogens (tertiary/aromatic N) is 1. The SMILES string of the molecule is NN(Cl)C(=O)c1ccccc1F. The Morgan fingerprint density at radius 1 is 1.50 bits per heavy atom. The maximum absolute atomic E-state index is 12.8. The van der Waals surface area contributed by atoms with Crippen LogP contribution in [0, 0.1) is 5.82 Å². The highest BCUT2D eigenvalue weighted by molar-refractivity contribution is 6.23. The Kier molecular flexibility index (Phi) is 2.62. The molecule has 5 heteroatoms. The summed E-state index contributed by atoms with van der Waals surface area (Å²) in [5, 5.41) is 0. The second kappa shape index (κ2) is 3.51. The maximum atomic E-state index is 12.8. The molecule has 3 nitrogen and oxygen atoms in total. The van der Waals surface area contributed by atoms with Gasteiger partial charge >= 0.3 is 0 Å². The summed E-state index contributed by atoms with van der Waals surface area (Å²) in [6, 6.07) is 5.46. The van der Waals surface area contributed by atoms with E-state index in [4.69, 9.17) is 17.6 Å². The van der Waals surface area contributed by atoms with Gasteiger partial charge in [-0.2, -0.15) is 4.53 Å². The molecule has 2 N–H and O–H groups in total. The normalized spacial score (nSPS) is 9.58. The van der Waals surface area contributed by atoms with Crippen molar-refractivity contribution in [3.63, 3.8) is 0 Å². The molecule has 0 aliphatic heterocycles. The van der Waals surface area contributed by atoms with E-state index in [0.29, 0.717) is 4.53 Å². The summed E-state index contributed by atoms with van der Waals surface area (Å²) in [7, 11) is 0. The van der Waals surface area contributed by atoms with Crippen molar-refractivity contribution in [2.75, 3.05) is 0 Å². The lowest BCUT2D eigenvalue weighted by Gasteiger charge is -2.06. The number of halogens is 2. The summed E-state index contributed by atoms with van der Waals surface area (Å²) >= 11 is 5.13. The van der Waals surface area contributed by atoms with Crippen molar-refractivity contribution in [2.24, 2.45) is 5.84 Å². The van der Waals surface area contributed by atoms with Crippen molar-refractivity contribution < 1.29 is 9.18 Å². The topological polar surface area (TPSA) is 46.3 Å². The fourth-order valence-electron chi connectivity index (χ4n) is 0.750. The molecule has 0 fully saturated rings. The summed E-state index contributed by atoms with van der Waals surface area (Å²) in [5.41, 5.74) is -0.144. The van der Waals surface area contributed by atoms with E-state index in [2.05, 4.69) is 0 Å². The van der Waals surface area contributed by atoms with Crippen LogP contribution in [0.2, 0.25) is 0 Å². The third-order valence-corrected chi connectivity index (χ3v) is 1.45. The smallest absolute Gasteiger partial charge is 0.266 e. The Bertz CT molecular complexity index is 303. The number of nitrogens with two attached hydrogens (primary N) is 1. The second-order valence-electron chi connectivity index (χ2n) is 2.10. The minimum Gasteiger partial charge on any atom is -0.266 e. The molecule has 0 bridgehead atoms. The van der Waals surface area contributed by atoms with Gasteiger partial charge in [0.15, 0.2) is 0 Å². The van der Waals surface area contributed by atoms with E-state index >= 15 is 0 Å². The minimum atomic E-state index is -0.769. The van der Waals surface area contributed by atoms with Gasteiger partial charge in [0.1, 0.15) is 5.82 Å². The first kappa shape index (κ1) is 8.96. The van der Waals surface area contributed by atoms with Crippen LogP contribution in [0.1, 0.15) is 10.4 Å². The van der Waals surface area contributed by atoms with Crippen LogP contribution in [0.3, 0.4) is 0 Å². The molecule has 0 heterocycles. The lowest BCUT2D eigenvalue weighted by atomic mass is 10.2. The van der Waals surface area contributed by atoms with Crippen LogP contribution in [0.15, 0.2) is 24.3 Å². The van der Waals surface area contributed by atoms with Crippen LogP contribution in [0.5, 0.6) is 0 Å². The van der Waals surface area contributed by atoms with Gasteiger partial charge in [0.25, 0.3) is 5.91 Å². The summed E-state index contributed by atoms with van der Waals surface area (Å²) in [6.07, 6.45) is 0. The van der Waals surface area contributed by atoms with Crippen LogP contribution in [-0.2, 0) is 0 Å². The largest absolute Gasteiger partial charge is 0.285 e. The Hall–Kier alpha value is -1.13. The Balaban J connectivity index is 3.03. The van der Waals surface area contributed by atoms with Crippen molar-refractivity contribution in [1.29, 1.82) is 0 Å². The molecule has 0 atom stereocenters. The van der Waals surface area contributed by atoms with E-state index in [1.54, 1.807) is 0 Å². The highest BCUT2D eigenvalue weighted by atomic mass is 35.5. The molecule has 64 valence electrons. The fraction of sp³-hybridized carbons (Fsp3) is 0. The zero-order chi connectivity index (χ0) is 9.14. The molecule has 1 aromatic rings. The van der Waals surface area contributed by atoms with Crippen LogP contribution in [-0.4, -0.2) is 10.4 Å². The predicted octanol–water partition coefficient (Wildman–Crippen LogP) is 1.30. The minimum absolute atomic E-state index is 0.144. The van der Waals surface area contributed by atoms with Crippen LogP contribution in [0.25, 0.3) is 0 Å². The van der Waals surface area contributed by atoms with E-state index in [1.807, 2.05) is 0 Å². The third kappa shape index (κ3) is 1.72. The Morgan fingerprint density at radius 3 is 2.58 bits per heavy atom. The summed E-state index contributed by atoms with van der Waals surface area (Å²) in [5.74, 6) is 3.51. The number of amides is 1. The van der Waals surface area contributed by atoms with Crippen LogP contribution >= 0.6 is 11.8 Å². The summed E-state index contributed by atoms with van der Waals surface area (Å²) < 4.78 is 13.2. The van der Waals surface area contributed by atoms with Crippen molar-refractivity contribution in [2.45, 2.75) is 0 Å². The van der Waals surface area contributed by atoms with Crippen molar-refractivity contribution in [1.82, 2.24) is 4.53 Å². The average molecular weight is 189 g/mol. The van der Waals surface area contributed by atoms with Crippen molar-refractivity contribution in [3.8, 4) is 0 Å². The van der Waals surface area contributed by atoms with Gasteiger partial charge in [0, 0.05) is 11.8 Å². The van der Waals surface area contributed by atoms with Gasteiger partial charge < -0.3 is 0 Å². The first-order chi connectivity index (χ1) is 5.63. The van der Waals surface area contributed by atoms with Gasteiger partial charge in [-0.1, -0.05) is 12.1 Å². The quantitative estimate of drug-likeness (QED) is 0.313. The summed E-state index contributed by atoms with van der Waals surface area (Å²) in [6.45, 7) is 0. The van der Waals surface area contributed by atoms with E-state index in [1.165, 1.54) is 18.2 Å². The predicted molar refractivity (Wildman–Crippen MR) is 42.6 cm³/mol. The standard InChI is InChI=1S/C7H6ClFN2O/c8-11(10)7(12)5-3-1-2-4-6(5)9/h1-4H,10H2. The molecule has 1 rings (SSSR count). The Labute approximate surface area is 73.6 Å². The number of hydrazine groups is 1. The van der Waals surface area contributed by atoms with E-state index in [-0.39, 0.29) is 5.56 Å². The average Bonchev–Trinajstić information content (AvgIpc) is 2.04. The number of carbonyl (C=O) groups is 1. The first-order valence-corrected chi connectivity index (χ1v) is 3.46. The molecule has 0 aliphatic rings. The first-order valence-electron chi connectivity index (χ1n) is 3.12. The monoisotopic (exact) mass is 188 g/mol. The highest BCUT2D eigenvalue weighted by Gasteiger charge is 2.13. The van der Waals surface area contributed by atoms with Gasteiger partial charge in [0.2, 0.25) is 0 Å². The maximum Gasteiger partial charge on any atom is 0.285 e. The van der Waals surface area contributed by atoms with Crippen LogP contribution < -0.4 is 5.84 Å². The zero-order valence-corrected chi connectivity index (χ0v) is 6.75. The van der Waals surface area contributed by atoms with Gasteiger partial charge in [-0.25, -0.2) is 10.2 Å². The highest BCUT2D eigenvalue weighted by Crippen LogP contribution is 2.08. The molecule has 0 spiro atoms. The molecular formula is C7H6ClFN2O. The molecule has 0 aliphatic carbocycles. The van der Waals surface area contributed by atoms with E-state index < -0.39 is 11.7 Å². The van der Waals surface area contributed by atoms with Gasteiger partial charge in [0.05, 0.1) is 5.56 Å². The lowest BCUT2D eigenvalue weighted by molar-refractivity contribution is 0.0859. The molecule has 0 saturated carbocycles. The number of hydrogen-bond acceptors (Lipinski definition) is 2. The molecule has 0 unspecified atom stereocenters. The molecule has 1 amide bonds. The van der Waals surface area contributed by atoms with Gasteiger partial charge in [-0.15, -0.1) is 0 Å². The molecule has 0 saturated heterocycles. The van der Waals surface area contributed by atoms with E-state index in [0.717, 1.165) is 6.07 Å².